The van der Waals surface area contributed by atoms with E-state index in [0.717, 1.165) is 12.5 Å². The van der Waals surface area contributed by atoms with Crippen LogP contribution in [0.15, 0.2) is 5.38 Å². The summed E-state index contributed by atoms with van der Waals surface area (Å²) in [5.41, 5.74) is 1.48. The quantitative estimate of drug-likeness (QED) is 0.838. The standard InChI is InChI=1S/C18H32N2S/c1-7-11-19-18(10-8-9-13(2)14(18)3)16-20-15(12-21-16)17(4,5)6/h12-14,19H,7-11H2,1-6H3. The van der Waals surface area contributed by atoms with E-state index in [1.807, 2.05) is 11.3 Å². The van der Waals surface area contributed by atoms with E-state index in [1.54, 1.807) is 0 Å². The zero-order valence-electron chi connectivity index (χ0n) is 14.6. The highest BCUT2D eigenvalue weighted by molar-refractivity contribution is 7.09. The molecule has 0 bridgehead atoms. The number of thiazole rings is 1. The van der Waals surface area contributed by atoms with Gasteiger partial charge in [0.2, 0.25) is 0 Å². The van der Waals surface area contributed by atoms with E-state index in [0.29, 0.717) is 5.92 Å². The first-order valence-electron chi connectivity index (χ1n) is 8.52. The van der Waals surface area contributed by atoms with Gasteiger partial charge >= 0.3 is 0 Å². The first-order valence-corrected chi connectivity index (χ1v) is 9.40. The molecule has 21 heavy (non-hydrogen) atoms. The molecule has 120 valence electrons. The van der Waals surface area contributed by atoms with Crippen LogP contribution >= 0.6 is 11.3 Å². The van der Waals surface area contributed by atoms with Gasteiger partial charge in [-0.1, -0.05) is 54.4 Å². The van der Waals surface area contributed by atoms with Crippen LogP contribution in [-0.2, 0) is 11.0 Å². The summed E-state index contributed by atoms with van der Waals surface area (Å²) in [5, 5.41) is 7.49. The largest absolute Gasteiger partial charge is 0.305 e. The van der Waals surface area contributed by atoms with Crippen LogP contribution < -0.4 is 5.32 Å². The number of hydrogen-bond donors (Lipinski definition) is 1. The van der Waals surface area contributed by atoms with Crippen molar-refractivity contribution in [3.8, 4) is 0 Å². The third-order valence-electron chi connectivity index (χ3n) is 5.21. The summed E-state index contributed by atoms with van der Waals surface area (Å²) in [6, 6.07) is 0. The van der Waals surface area contributed by atoms with E-state index in [1.165, 1.54) is 36.4 Å². The lowest BCUT2D eigenvalue weighted by atomic mass is 9.68. The molecule has 3 unspecified atom stereocenters. The van der Waals surface area contributed by atoms with Crippen molar-refractivity contribution in [1.82, 2.24) is 10.3 Å². The Bertz CT molecular complexity index is 460. The van der Waals surface area contributed by atoms with Gasteiger partial charge in [0.1, 0.15) is 5.01 Å². The molecule has 2 rings (SSSR count). The molecule has 3 atom stereocenters. The van der Waals surface area contributed by atoms with E-state index in [4.69, 9.17) is 4.98 Å². The maximum Gasteiger partial charge on any atom is 0.113 e. The highest BCUT2D eigenvalue weighted by Gasteiger charge is 2.44. The minimum Gasteiger partial charge on any atom is -0.305 e. The van der Waals surface area contributed by atoms with E-state index < -0.39 is 0 Å². The molecule has 1 N–H and O–H groups in total. The smallest absolute Gasteiger partial charge is 0.113 e. The Hall–Kier alpha value is -0.410. The second-order valence-corrected chi connectivity index (χ2v) is 8.70. The lowest BCUT2D eigenvalue weighted by Gasteiger charge is -2.45. The molecule has 0 saturated heterocycles. The maximum absolute atomic E-state index is 5.07. The van der Waals surface area contributed by atoms with Gasteiger partial charge in [-0.3, -0.25) is 0 Å². The van der Waals surface area contributed by atoms with Crippen LogP contribution in [0.25, 0.3) is 0 Å². The number of rotatable bonds is 4. The molecule has 1 aliphatic carbocycles. The summed E-state index contributed by atoms with van der Waals surface area (Å²) in [6.45, 7) is 14.9. The topological polar surface area (TPSA) is 24.9 Å². The van der Waals surface area contributed by atoms with Crippen LogP contribution in [0.5, 0.6) is 0 Å². The Kier molecular flexibility index (Phi) is 5.15. The molecule has 1 fully saturated rings. The Labute approximate surface area is 134 Å². The molecule has 1 saturated carbocycles. The van der Waals surface area contributed by atoms with Gasteiger partial charge in [-0.25, -0.2) is 4.98 Å². The second-order valence-electron chi connectivity index (χ2n) is 7.84. The molecule has 0 radical (unpaired) electrons. The van der Waals surface area contributed by atoms with Crippen LogP contribution in [0.3, 0.4) is 0 Å². The summed E-state index contributed by atoms with van der Waals surface area (Å²) in [6.07, 6.45) is 5.08. The molecular formula is C18H32N2S. The van der Waals surface area contributed by atoms with Crippen LogP contribution in [0, 0.1) is 11.8 Å². The minimum atomic E-state index is 0.0991. The van der Waals surface area contributed by atoms with Crippen molar-refractivity contribution in [1.29, 1.82) is 0 Å². The molecular weight excluding hydrogens is 276 g/mol. The van der Waals surface area contributed by atoms with Crippen molar-refractivity contribution in [2.45, 2.75) is 78.2 Å². The summed E-state index contributed by atoms with van der Waals surface area (Å²) in [5.74, 6) is 1.42. The number of hydrogen-bond acceptors (Lipinski definition) is 3. The Morgan fingerprint density at radius 1 is 1.38 bits per heavy atom. The van der Waals surface area contributed by atoms with Crippen molar-refractivity contribution < 1.29 is 0 Å². The summed E-state index contributed by atoms with van der Waals surface area (Å²) < 4.78 is 0. The number of aromatic nitrogens is 1. The van der Waals surface area contributed by atoms with Gasteiger partial charge in [0, 0.05) is 10.8 Å². The van der Waals surface area contributed by atoms with Gasteiger partial charge in [0.25, 0.3) is 0 Å². The Morgan fingerprint density at radius 2 is 2.10 bits per heavy atom. The first kappa shape index (κ1) is 17.0. The van der Waals surface area contributed by atoms with Crippen LogP contribution in [-0.4, -0.2) is 11.5 Å². The van der Waals surface area contributed by atoms with E-state index in [9.17, 15) is 0 Å². The predicted molar refractivity (Wildman–Crippen MR) is 93.0 cm³/mol. The first-order chi connectivity index (χ1) is 9.81. The van der Waals surface area contributed by atoms with Crippen LogP contribution in [0.4, 0.5) is 0 Å². The SMILES string of the molecule is CCCNC1(c2nc(C(C)(C)C)cs2)CCCC(C)C1C. The summed E-state index contributed by atoms with van der Waals surface area (Å²) >= 11 is 1.86. The molecule has 0 spiro atoms. The van der Waals surface area contributed by atoms with Crippen LogP contribution in [0.1, 0.15) is 77.9 Å². The highest BCUT2D eigenvalue weighted by Crippen LogP contribution is 2.46. The van der Waals surface area contributed by atoms with E-state index in [-0.39, 0.29) is 11.0 Å². The second kappa shape index (κ2) is 6.37. The fourth-order valence-corrected chi connectivity index (χ4v) is 4.82. The Balaban J connectivity index is 2.37. The Morgan fingerprint density at radius 3 is 2.67 bits per heavy atom. The van der Waals surface area contributed by atoms with E-state index >= 15 is 0 Å². The van der Waals surface area contributed by atoms with Gasteiger partial charge in [-0.05, 0) is 31.2 Å². The van der Waals surface area contributed by atoms with Gasteiger partial charge in [0.15, 0.2) is 0 Å². The van der Waals surface area contributed by atoms with Crippen molar-refractivity contribution in [3.63, 3.8) is 0 Å². The van der Waals surface area contributed by atoms with Gasteiger partial charge in [-0.2, -0.15) is 0 Å². The van der Waals surface area contributed by atoms with Crippen molar-refractivity contribution in [2.24, 2.45) is 11.8 Å². The molecule has 3 heteroatoms. The number of nitrogens with one attached hydrogen (secondary N) is 1. The fourth-order valence-electron chi connectivity index (χ4n) is 3.46. The van der Waals surface area contributed by atoms with Gasteiger partial charge in [0.05, 0.1) is 11.2 Å². The van der Waals surface area contributed by atoms with Crippen LogP contribution in [0.2, 0.25) is 0 Å². The average Bonchev–Trinajstić information content (AvgIpc) is 2.91. The molecule has 0 aromatic carbocycles. The fraction of sp³-hybridized carbons (Fsp3) is 0.833. The molecule has 2 nitrogen and oxygen atoms in total. The van der Waals surface area contributed by atoms with Crippen molar-refractivity contribution in [2.75, 3.05) is 6.54 Å². The van der Waals surface area contributed by atoms with Crippen molar-refractivity contribution in [3.05, 3.63) is 16.1 Å². The maximum atomic E-state index is 5.07. The predicted octanol–water partition coefficient (Wildman–Crippen LogP) is 5.09. The van der Waals surface area contributed by atoms with Gasteiger partial charge < -0.3 is 5.32 Å². The van der Waals surface area contributed by atoms with Crippen molar-refractivity contribution >= 4 is 11.3 Å². The normalized spacial score (nSPS) is 30.6. The average molecular weight is 309 g/mol. The minimum absolute atomic E-state index is 0.0991. The molecule has 1 heterocycles. The third-order valence-corrected chi connectivity index (χ3v) is 6.23. The lowest BCUT2D eigenvalue weighted by molar-refractivity contribution is 0.103. The summed E-state index contributed by atoms with van der Waals surface area (Å²) in [4.78, 5) is 5.07. The molecule has 1 aromatic rings. The van der Waals surface area contributed by atoms with E-state index in [2.05, 4.69) is 52.2 Å². The molecule has 0 aliphatic heterocycles. The molecule has 1 aromatic heterocycles. The third kappa shape index (κ3) is 3.34. The summed E-state index contributed by atoms with van der Waals surface area (Å²) in [7, 11) is 0. The molecule has 0 amide bonds. The monoisotopic (exact) mass is 308 g/mol. The zero-order valence-corrected chi connectivity index (χ0v) is 15.4. The lowest BCUT2D eigenvalue weighted by Crippen LogP contribution is -2.52. The highest BCUT2D eigenvalue weighted by atomic mass is 32.1. The molecule has 1 aliphatic rings. The van der Waals surface area contributed by atoms with Gasteiger partial charge in [-0.15, -0.1) is 11.3 Å². The zero-order chi connectivity index (χ0) is 15.7. The number of nitrogens with zero attached hydrogens (tertiary/aromatic N) is 1.